The largest absolute Gasteiger partial charge is 0.481 e. The van der Waals surface area contributed by atoms with E-state index in [0.29, 0.717) is 0 Å². The van der Waals surface area contributed by atoms with Gasteiger partial charge in [0.15, 0.2) is 0 Å². The molecule has 1 aromatic carbocycles. The summed E-state index contributed by atoms with van der Waals surface area (Å²) < 4.78 is 12.6. The van der Waals surface area contributed by atoms with Crippen LogP contribution >= 0.6 is 0 Å². The molecule has 0 saturated heterocycles. The number of nitrogens with zero attached hydrogens (tertiary/aromatic N) is 1. The first-order valence-corrected chi connectivity index (χ1v) is 3.65. The molecule has 1 N–H and O–H groups in total. The van der Waals surface area contributed by atoms with Gasteiger partial charge in [0.1, 0.15) is 5.82 Å². The van der Waals surface area contributed by atoms with Gasteiger partial charge in [0, 0.05) is 11.6 Å². The highest BCUT2D eigenvalue weighted by atomic mass is 19.1. The van der Waals surface area contributed by atoms with E-state index in [2.05, 4.69) is 0 Å². The molecule has 0 aliphatic carbocycles. The van der Waals surface area contributed by atoms with Crippen LogP contribution in [0, 0.1) is 15.9 Å². The molecule has 0 heterocycles. The predicted octanol–water partition coefficient (Wildman–Crippen LogP) is 1.36. The van der Waals surface area contributed by atoms with Gasteiger partial charge in [-0.15, -0.1) is 0 Å². The van der Waals surface area contributed by atoms with Crippen molar-refractivity contribution >= 4 is 11.7 Å². The lowest BCUT2D eigenvalue weighted by Crippen LogP contribution is -2.04. The van der Waals surface area contributed by atoms with Crippen LogP contribution in [0.1, 0.15) is 5.56 Å². The van der Waals surface area contributed by atoms with E-state index < -0.39 is 23.1 Å². The highest BCUT2D eigenvalue weighted by molar-refractivity contribution is 5.72. The highest BCUT2D eigenvalue weighted by Gasteiger charge is 2.16. The van der Waals surface area contributed by atoms with Crippen LogP contribution < -0.4 is 0 Å². The van der Waals surface area contributed by atoms with Gasteiger partial charge in [0.05, 0.1) is 11.3 Å². The Hall–Kier alpha value is -1.98. The fourth-order valence-corrected chi connectivity index (χ4v) is 1.04. The van der Waals surface area contributed by atoms with Crippen LogP contribution in [-0.2, 0) is 11.2 Å². The molecule has 0 aromatic heterocycles. The summed E-state index contributed by atoms with van der Waals surface area (Å²) in [7, 11) is 0. The monoisotopic (exact) mass is 199 g/mol. The Bertz CT molecular complexity index is 391. The van der Waals surface area contributed by atoms with E-state index in [4.69, 9.17) is 5.11 Å². The second-order valence-electron chi connectivity index (χ2n) is 2.60. The number of hydrogen-bond donors (Lipinski definition) is 1. The Balaban J connectivity index is 3.15. The molecular formula is C8H6FNO4. The standard InChI is InChI=1S/C8H6FNO4/c9-6-1-2-7(10(13)14)5(3-6)4-8(11)12/h1-3H,4H2,(H,11,12). The lowest BCUT2D eigenvalue weighted by molar-refractivity contribution is -0.385. The average molecular weight is 199 g/mol. The molecular weight excluding hydrogens is 193 g/mol. The van der Waals surface area contributed by atoms with E-state index in [0.717, 1.165) is 18.2 Å². The molecule has 0 bridgehead atoms. The number of aliphatic carboxylic acids is 1. The molecule has 0 spiro atoms. The minimum atomic E-state index is -1.24. The molecule has 0 saturated carbocycles. The second kappa shape index (κ2) is 3.82. The van der Waals surface area contributed by atoms with Crippen LogP contribution in [-0.4, -0.2) is 16.0 Å². The average Bonchev–Trinajstić information content (AvgIpc) is 2.01. The van der Waals surface area contributed by atoms with Crippen LogP contribution in [0.5, 0.6) is 0 Å². The van der Waals surface area contributed by atoms with Gasteiger partial charge in [-0.05, 0) is 12.1 Å². The van der Waals surface area contributed by atoms with E-state index >= 15 is 0 Å². The zero-order chi connectivity index (χ0) is 10.7. The number of rotatable bonds is 3. The van der Waals surface area contributed by atoms with E-state index in [1.807, 2.05) is 0 Å². The van der Waals surface area contributed by atoms with E-state index in [-0.39, 0.29) is 11.3 Å². The Labute approximate surface area is 77.9 Å². The van der Waals surface area contributed by atoms with Gasteiger partial charge in [-0.25, -0.2) is 4.39 Å². The van der Waals surface area contributed by atoms with Gasteiger partial charge >= 0.3 is 5.97 Å². The molecule has 0 unspecified atom stereocenters. The maximum atomic E-state index is 12.6. The van der Waals surface area contributed by atoms with Gasteiger partial charge in [0.2, 0.25) is 0 Å². The molecule has 0 atom stereocenters. The molecule has 0 radical (unpaired) electrons. The third-order valence-electron chi connectivity index (χ3n) is 1.58. The van der Waals surface area contributed by atoms with Gasteiger partial charge in [0.25, 0.3) is 5.69 Å². The van der Waals surface area contributed by atoms with Gasteiger partial charge in [-0.3, -0.25) is 14.9 Å². The van der Waals surface area contributed by atoms with Crippen molar-refractivity contribution in [2.75, 3.05) is 0 Å². The van der Waals surface area contributed by atoms with Crippen molar-refractivity contribution in [3.63, 3.8) is 0 Å². The number of carbonyl (C=O) groups is 1. The lowest BCUT2D eigenvalue weighted by Gasteiger charge is -1.99. The van der Waals surface area contributed by atoms with Gasteiger partial charge in [-0.1, -0.05) is 0 Å². The molecule has 0 aliphatic heterocycles. The first kappa shape index (κ1) is 10.1. The molecule has 1 rings (SSSR count). The quantitative estimate of drug-likeness (QED) is 0.588. The van der Waals surface area contributed by atoms with Crippen molar-refractivity contribution < 1.29 is 19.2 Å². The zero-order valence-electron chi connectivity index (χ0n) is 6.94. The predicted molar refractivity (Wildman–Crippen MR) is 44.4 cm³/mol. The fraction of sp³-hybridized carbons (Fsp3) is 0.125. The van der Waals surface area contributed by atoms with Crippen molar-refractivity contribution in [1.82, 2.24) is 0 Å². The molecule has 0 amide bonds. The molecule has 0 fully saturated rings. The van der Waals surface area contributed by atoms with Gasteiger partial charge in [-0.2, -0.15) is 0 Å². The molecule has 6 heteroatoms. The molecule has 14 heavy (non-hydrogen) atoms. The van der Waals surface area contributed by atoms with E-state index in [9.17, 15) is 19.3 Å². The van der Waals surface area contributed by atoms with Crippen LogP contribution in [0.2, 0.25) is 0 Å². The summed E-state index contributed by atoms with van der Waals surface area (Å²) in [5.74, 6) is -1.93. The number of carboxylic acid groups (broad SMARTS) is 1. The Morgan fingerprint density at radius 3 is 2.71 bits per heavy atom. The Morgan fingerprint density at radius 1 is 1.57 bits per heavy atom. The maximum Gasteiger partial charge on any atom is 0.308 e. The third kappa shape index (κ3) is 2.25. The number of carboxylic acids is 1. The van der Waals surface area contributed by atoms with Crippen LogP contribution in [0.3, 0.4) is 0 Å². The lowest BCUT2D eigenvalue weighted by atomic mass is 10.1. The summed E-state index contributed by atoms with van der Waals surface area (Å²) in [6.07, 6.45) is -0.561. The summed E-state index contributed by atoms with van der Waals surface area (Å²) in [6, 6.07) is 2.73. The van der Waals surface area contributed by atoms with Crippen molar-refractivity contribution in [1.29, 1.82) is 0 Å². The Kier molecular flexibility index (Phi) is 2.76. The van der Waals surface area contributed by atoms with E-state index in [1.54, 1.807) is 0 Å². The summed E-state index contributed by atoms with van der Waals surface area (Å²) in [5.41, 5.74) is -0.517. The molecule has 0 aliphatic rings. The summed E-state index contributed by atoms with van der Waals surface area (Å²) in [4.78, 5) is 20.0. The van der Waals surface area contributed by atoms with Crippen molar-refractivity contribution in [2.24, 2.45) is 0 Å². The Morgan fingerprint density at radius 2 is 2.21 bits per heavy atom. The number of nitro benzene ring substituents is 1. The van der Waals surface area contributed by atoms with Gasteiger partial charge < -0.3 is 5.11 Å². The fourth-order valence-electron chi connectivity index (χ4n) is 1.04. The summed E-state index contributed by atoms with van der Waals surface area (Å²) >= 11 is 0. The van der Waals surface area contributed by atoms with Crippen molar-refractivity contribution in [3.8, 4) is 0 Å². The molecule has 5 nitrogen and oxygen atoms in total. The smallest absolute Gasteiger partial charge is 0.308 e. The number of nitro groups is 1. The number of benzene rings is 1. The third-order valence-corrected chi connectivity index (χ3v) is 1.58. The summed E-state index contributed by atoms with van der Waals surface area (Å²) in [5, 5.41) is 18.8. The van der Waals surface area contributed by atoms with Crippen LogP contribution in [0.4, 0.5) is 10.1 Å². The minimum Gasteiger partial charge on any atom is -0.481 e. The van der Waals surface area contributed by atoms with Crippen LogP contribution in [0.15, 0.2) is 18.2 Å². The van der Waals surface area contributed by atoms with Crippen LogP contribution in [0.25, 0.3) is 0 Å². The topological polar surface area (TPSA) is 80.4 Å². The second-order valence-corrected chi connectivity index (χ2v) is 2.60. The molecule has 1 aromatic rings. The SMILES string of the molecule is O=C(O)Cc1cc(F)ccc1[N+](=O)[O-]. The first-order chi connectivity index (χ1) is 6.50. The summed E-state index contributed by atoms with van der Waals surface area (Å²) in [6.45, 7) is 0. The molecule has 74 valence electrons. The van der Waals surface area contributed by atoms with E-state index in [1.165, 1.54) is 0 Å². The number of hydrogen-bond acceptors (Lipinski definition) is 3. The maximum absolute atomic E-state index is 12.6. The highest BCUT2D eigenvalue weighted by Crippen LogP contribution is 2.19. The first-order valence-electron chi connectivity index (χ1n) is 3.65. The van der Waals surface area contributed by atoms with Crippen molar-refractivity contribution in [3.05, 3.63) is 39.7 Å². The zero-order valence-corrected chi connectivity index (χ0v) is 6.94. The van der Waals surface area contributed by atoms with Crippen molar-refractivity contribution in [2.45, 2.75) is 6.42 Å². The number of halogens is 1. The minimum absolute atomic E-state index is 0.137. The normalized spacial score (nSPS) is 9.79.